The third kappa shape index (κ3) is 3.14. The Bertz CT molecular complexity index is 468. The maximum Gasteiger partial charge on any atom is 0.122 e. The normalized spacial score (nSPS) is 10.4. The molecule has 0 bridgehead atoms. The van der Waals surface area contributed by atoms with Gasteiger partial charge in [-0.05, 0) is 29.8 Å². The molecule has 2 aromatic rings. The summed E-state index contributed by atoms with van der Waals surface area (Å²) in [5.74, 6) is 1.34. The van der Waals surface area contributed by atoms with Gasteiger partial charge in [0.15, 0.2) is 0 Å². The number of hydrogen-bond donors (Lipinski definition) is 0. The molecule has 0 spiro atoms. The fourth-order valence-corrected chi connectivity index (χ4v) is 2.47. The molecule has 0 aliphatic heterocycles. The highest BCUT2D eigenvalue weighted by Gasteiger charge is 2.00. The van der Waals surface area contributed by atoms with Gasteiger partial charge in [-0.25, -0.2) is 0 Å². The van der Waals surface area contributed by atoms with E-state index < -0.39 is 0 Å². The number of thiophene rings is 1. The number of ether oxygens (including phenoxy) is 1. The van der Waals surface area contributed by atoms with Crippen molar-refractivity contribution < 1.29 is 4.74 Å². The van der Waals surface area contributed by atoms with E-state index in [0.717, 1.165) is 20.5 Å². The maximum absolute atomic E-state index is 5.84. The topological polar surface area (TPSA) is 9.23 Å². The second-order valence-corrected chi connectivity index (χ2v) is 5.34. The summed E-state index contributed by atoms with van der Waals surface area (Å²) >= 11 is 13.1. The van der Waals surface area contributed by atoms with E-state index in [-0.39, 0.29) is 0 Å². The van der Waals surface area contributed by atoms with Crippen molar-refractivity contribution in [1.82, 2.24) is 0 Å². The van der Waals surface area contributed by atoms with Crippen molar-refractivity contribution in [3.05, 3.63) is 51.2 Å². The van der Waals surface area contributed by atoms with Crippen LogP contribution in [0.2, 0.25) is 4.34 Å². The van der Waals surface area contributed by atoms with Crippen LogP contribution in [0.5, 0.6) is 5.75 Å². The van der Waals surface area contributed by atoms with Crippen molar-refractivity contribution in [2.75, 3.05) is 0 Å². The van der Waals surface area contributed by atoms with Crippen LogP contribution >= 0.6 is 34.5 Å². The molecular formula is C12H10Cl2OS. The zero-order valence-electron chi connectivity index (χ0n) is 8.45. The van der Waals surface area contributed by atoms with Crippen LogP contribution in [0.4, 0.5) is 0 Å². The molecule has 0 N–H and O–H groups in total. The molecule has 0 aliphatic carbocycles. The van der Waals surface area contributed by atoms with E-state index in [4.69, 9.17) is 27.9 Å². The molecule has 0 aliphatic rings. The Kier molecular flexibility index (Phi) is 4.10. The first kappa shape index (κ1) is 11.8. The molecule has 0 fully saturated rings. The van der Waals surface area contributed by atoms with E-state index in [0.29, 0.717) is 12.5 Å². The Labute approximate surface area is 109 Å². The van der Waals surface area contributed by atoms with Gasteiger partial charge < -0.3 is 4.74 Å². The predicted octanol–water partition coefficient (Wildman–Crippen LogP) is 4.72. The van der Waals surface area contributed by atoms with Crippen LogP contribution < -0.4 is 4.74 Å². The minimum absolute atomic E-state index is 0.502. The van der Waals surface area contributed by atoms with E-state index in [2.05, 4.69) is 0 Å². The summed E-state index contributed by atoms with van der Waals surface area (Å²) in [4.78, 5) is 1.11. The third-order valence-corrected chi connectivity index (χ3v) is 3.58. The van der Waals surface area contributed by atoms with Crippen LogP contribution in [0.3, 0.4) is 0 Å². The number of rotatable bonds is 4. The summed E-state index contributed by atoms with van der Waals surface area (Å²) in [7, 11) is 0. The average molecular weight is 273 g/mol. The van der Waals surface area contributed by atoms with Crippen molar-refractivity contribution in [2.45, 2.75) is 12.5 Å². The monoisotopic (exact) mass is 272 g/mol. The summed E-state index contributed by atoms with van der Waals surface area (Å²) in [5, 5.41) is 0. The molecule has 16 heavy (non-hydrogen) atoms. The Morgan fingerprint density at radius 3 is 2.75 bits per heavy atom. The number of alkyl halides is 1. The van der Waals surface area contributed by atoms with E-state index in [1.54, 1.807) is 0 Å². The minimum Gasteiger partial charge on any atom is -0.488 e. The van der Waals surface area contributed by atoms with E-state index in [9.17, 15) is 0 Å². The van der Waals surface area contributed by atoms with Gasteiger partial charge in [-0.3, -0.25) is 0 Å². The molecule has 1 nitrogen and oxygen atoms in total. The van der Waals surface area contributed by atoms with Gasteiger partial charge in [-0.1, -0.05) is 23.7 Å². The fourth-order valence-electron chi connectivity index (χ4n) is 1.30. The molecule has 0 radical (unpaired) electrons. The lowest BCUT2D eigenvalue weighted by Gasteiger charge is -2.05. The van der Waals surface area contributed by atoms with Gasteiger partial charge in [-0.2, -0.15) is 0 Å². The van der Waals surface area contributed by atoms with Gasteiger partial charge >= 0.3 is 0 Å². The molecule has 1 aromatic carbocycles. The molecule has 0 amide bonds. The molecular weight excluding hydrogens is 263 g/mol. The summed E-state index contributed by atoms with van der Waals surface area (Å²) in [5.41, 5.74) is 1.06. The molecule has 0 saturated carbocycles. The smallest absolute Gasteiger partial charge is 0.122 e. The van der Waals surface area contributed by atoms with Gasteiger partial charge in [0.05, 0.1) is 4.34 Å². The van der Waals surface area contributed by atoms with Crippen LogP contribution in [0.1, 0.15) is 10.4 Å². The first-order chi connectivity index (χ1) is 7.78. The lowest BCUT2D eigenvalue weighted by Crippen LogP contribution is -1.93. The second kappa shape index (κ2) is 5.58. The van der Waals surface area contributed by atoms with Crippen molar-refractivity contribution in [2.24, 2.45) is 0 Å². The molecule has 1 aromatic heterocycles. The summed E-state index contributed by atoms with van der Waals surface area (Å²) in [6.07, 6.45) is 0. The first-order valence-corrected chi connectivity index (χ1v) is 6.53. The molecule has 4 heteroatoms. The summed E-state index contributed by atoms with van der Waals surface area (Å²) in [6.45, 7) is 0.545. The Hall–Kier alpha value is -0.700. The number of benzene rings is 1. The van der Waals surface area contributed by atoms with Crippen LogP contribution in [0.25, 0.3) is 0 Å². The molecule has 84 valence electrons. The molecule has 0 atom stereocenters. The van der Waals surface area contributed by atoms with Gasteiger partial charge in [0.25, 0.3) is 0 Å². The fraction of sp³-hybridized carbons (Fsp3) is 0.167. The highest BCUT2D eigenvalue weighted by Crippen LogP contribution is 2.23. The number of hydrogen-bond acceptors (Lipinski definition) is 2. The lowest BCUT2D eigenvalue weighted by molar-refractivity contribution is 0.309. The largest absolute Gasteiger partial charge is 0.488 e. The van der Waals surface area contributed by atoms with Gasteiger partial charge in [-0.15, -0.1) is 22.9 Å². The zero-order chi connectivity index (χ0) is 11.4. The summed E-state index contributed by atoms with van der Waals surface area (Å²) < 4.78 is 6.43. The minimum atomic E-state index is 0.502. The van der Waals surface area contributed by atoms with Crippen molar-refractivity contribution >= 4 is 34.5 Å². The van der Waals surface area contributed by atoms with E-state index in [1.807, 2.05) is 36.4 Å². The van der Waals surface area contributed by atoms with Crippen LogP contribution in [-0.4, -0.2) is 0 Å². The standard InChI is InChI=1S/C12H10Cl2OS/c13-7-9-2-1-3-10(6-9)15-8-11-4-5-12(14)16-11/h1-6H,7-8H2. The van der Waals surface area contributed by atoms with E-state index >= 15 is 0 Å². The van der Waals surface area contributed by atoms with Crippen LogP contribution in [0.15, 0.2) is 36.4 Å². The van der Waals surface area contributed by atoms with Gasteiger partial charge in [0.2, 0.25) is 0 Å². The number of halogens is 2. The summed E-state index contributed by atoms with van der Waals surface area (Å²) in [6, 6.07) is 11.6. The van der Waals surface area contributed by atoms with Gasteiger partial charge in [0.1, 0.15) is 12.4 Å². The zero-order valence-corrected chi connectivity index (χ0v) is 10.8. The molecule has 0 unspecified atom stereocenters. The first-order valence-electron chi connectivity index (χ1n) is 4.80. The van der Waals surface area contributed by atoms with Crippen molar-refractivity contribution in [1.29, 1.82) is 0 Å². The Morgan fingerprint density at radius 1 is 1.19 bits per heavy atom. The Balaban J connectivity index is 1.99. The van der Waals surface area contributed by atoms with Crippen LogP contribution in [0, 0.1) is 0 Å². The van der Waals surface area contributed by atoms with Gasteiger partial charge in [0, 0.05) is 10.8 Å². The lowest BCUT2D eigenvalue weighted by atomic mass is 10.2. The maximum atomic E-state index is 5.84. The third-order valence-electron chi connectivity index (χ3n) is 2.06. The molecule has 0 saturated heterocycles. The van der Waals surface area contributed by atoms with Crippen LogP contribution in [-0.2, 0) is 12.5 Å². The van der Waals surface area contributed by atoms with Crippen molar-refractivity contribution in [3.63, 3.8) is 0 Å². The second-order valence-electron chi connectivity index (χ2n) is 3.28. The Morgan fingerprint density at radius 2 is 2.06 bits per heavy atom. The molecule has 1 heterocycles. The van der Waals surface area contributed by atoms with E-state index in [1.165, 1.54) is 11.3 Å². The predicted molar refractivity (Wildman–Crippen MR) is 69.7 cm³/mol. The highest BCUT2D eigenvalue weighted by atomic mass is 35.5. The molecule has 2 rings (SSSR count). The highest BCUT2D eigenvalue weighted by molar-refractivity contribution is 7.16. The quantitative estimate of drug-likeness (QED) is 0.732. The van der Waals surface area contributed by atoms with Crippen molar-refractivity contribution in [3.8, 4) is 5.75 Å². The SMILES string of the molecule is ClCc1cccc(OCc2ccc(Cl)s2)c1. The average Bonchev–Trinajstić information content (AvgIpc) is 2.73.